The number of rotatable bonds is 10. The Bertz CT molecular complexity index is 1840. The van der Waals surface area contributed by atoms with Crippen LogP contribution in [0.2, 0.25) is 0 Å². The van der Waals surface area contributed by atoms with E-state index < -0.39 is 12.0 Å². The highest BCUT2D eigenvalue weighted by molar-refractivity contribution is 7.07. The van der Waals surface area contributed by atoms with Gasteiger partial charge in [0.2, 0.25) is 0 Å². The number of methoxy groups -OCH3 is 1. The molecule has 0 saturated carbocycles. The number of allylic oxidation sites excluding steroid dienone is 1. The summed E-state index contributed by atoms with van der Waals surface area (Å²) in [6, 6.07) is 18.0. The Hall–Kier alpha value is -4.70. The number of carbonyl (C=O) groups excluding carboxylic acids is 1. The molecule has 0 saturated heterocycles. The molecule has 43 heavy (non-hydrogen) atoms. The van der Waals surface area contributed by atoms with Gasteiger partial charge in [-0.15, -0.1) is 0 Å². The van der Waals surface area contributed by atoms with E-state index in [9.17, 15) is 14.0 Å². The number of para-hydroxylation sites is 1. The molecule has 0 radical (unpaired) electrons. The molecule has 5 rings (SSSR count). The summed E-state index contributed by atoms with van der Waals surface area (Å²) >= 11 is 1.24. The summed E-state index contributed by atoms with van der Waals surface area (Å²) in [5, 5.41) is 0. The minimum absolute atomic E-state index is 0.173. The molecule has 1 atom stereocenters. The molecule has 4 aromatic rings. The van der Waals surface area contributed by atoms with Gasteiger partial charge in [-0.05, 0) is 68.3 Å². The van der Waals surface area contributed by atoms with Gasteiger partial charge in [0.15, 0.2) is 16.3 Å². The third-order valence-electron chi connectivity index (χ3n) is 6.83. The lowest BCUT2D eigenvalue weighted by molar-refractivity contribution is -0.139. The summed E-state index contributed by atoms with van der Waals surface area (Å²) in [6.07, 6.45) is 1.78. The Morgan fingerprint density at radius 1 is 1.02 bits per heavy atom. The second-order valence-electron chi connectivity index (χ2n) is 9.60. The predicted molar refractivity (Wildman–Crippen MR) is 162 cm³/mol. The zero-order valence-electron chi connectivity index (χ0n) is 24.3. The van der Waals surface area contributed by atoms with Crippen molar-refractivity contribution in [3.05, 3.63) is 120 Å². The van der Waals surface area contributed by atoms with Gasteiger partial charge in [0.25, 0.3) is 5.56 Å². The highest BCUT2D eigenvalue weighted by Gasteiger charge is 2.36. The molecule has 8 nitrogen and oxygen atoms in total. The average Bonchev–Trinajstić information content (AvgIpc) is 3.31. The van der Waals surface area contributed by atoms with Gasteiger partial charge in [-0.25, -0.2) is 14.2 Å². The van der Waals surface area contributed by atoms with Crippen LogP contribution in [0.15, 0.2) is 87.8 Å². The quantitative estimate of drug-likeness (QED) is 0.240. The lowest BCUT2D eigenvalue weighted by Gasteiger charge is -2.26. The smallest absolute Gasteiger partial charge is 0.338 e. The van der Waals surface area contributed by atoms with Crippen molar-refractivity contribution in [1.29, 1.82) is 0 Å². The number of hydrogen-bond donors (Lipinski definition) is 0. The maximum Gasteiger partial charge on any atom is 0.338 e. The summed E-state index contributed by atoms with van der Waals surface area (Å²) in [5.74, 6) is 0.722. The Morgan fingerprint density at radius 3 is 2.44 bits per heavy atom. The molecule has 0 N–H and O–H groups in total. The van der Waals surface area contributed by atoms with E-state index >= 15 is 0 Å². The molecular weight excluding hydrogens is 571 g/mol. The molecule has 0 unspecified atom stereocenters. The van der Waals surface area contributed by atoms with E-state index in [-0.39, 0.29) is 23.6 Å². The fourth-order valence-electron chi connectivity index (χ4n) is 4.85. The van der Waals surface area contributed by atoms with Crippen LogP contribution in [0.5, 0.6) is 17.2 Å². The molecule has 222 valence electrons. The molecule has 1 aliphatic rings. The van der Waals surface area contributed by atoms with Crippen LogP contribution in [-0.4, -0.2) is 30.9 Å². The van der Waals surface area contributed by atoms with Crippen molar-refractivity contribution in [3.63, 3.8) is 0 Å². The molecule has 0 spiro atoms. The predicted octanol–water partition coefficient (Wildman–Crippen LogP) is 4.92. The van der Waals surface area contributed by atoms with Crippen molar-refractivity contribution in [2.45, 2.75) is 33.4 Å². The lowest BCUT2D eigenvalue weighted by atomic mass is 9.94. The monoisotopic (exact) mass is 602 g/mol. The largest absolute Gasteiger partial charge is 0.493 e. The normalized spacial score (nSPS) is 14.6. The second kappa shape index (κ2) is 13.1. The van der Waals surface area contributed by atoms with E-state index in [0.717, 1.165) is 11.1 Å². The molecule has 0 amide bonds. The van der Waals surface area contributed by atoms with Crippen molar-refractivity contribution >= 4 is 23.4 Å². The van der Waals surface area contributed by atoms with Crippen LogP contribution < -0.4 is 29.1 Å². The summed E-state index contributed by atoms with van der Waals surface area (Å²) in [4.78, 5) is 32.4. The number of benzene rings is 3. The maximum atomic E-state index is 14.0. The van der Waals surface area contributed by atoms with Crippen LogP contribution in [0.25, 0.3) is 6.08 Å². The molecule has 1 aliphatic heterocycles. The van der Waals surface area contributed by atoms with Crippen LogP contribution >= 0.6 is 11.3 Å². The Morgan fingerprint density at radius 2 is 1.77 bits per heavy atom. The fourth-order valence-corrected chi connectivity index (χ4v) is 5.90. The molecule has 3 aromatic carbocycles. The summed E-state index contributed by atoms with van der Waals surface area (Å²) in [7, 11) is 1.54. The third-order valence-corrected chi connectivity index (χ3v) is 7.81. The number of esters is 1. The van der Waals surface area contributed by atoms with E-state index in [1.54, 1.807) is 51.3 Å². The van der Waals surface area contributed by atoms with Crippen LogP contribution in [0, 0.1) is 5.82 Å². The molecule has 10 heteroatoms. The van der Waals surface area contributed by atoms with Gasteiger partial charge < -0.3 is 18.9 Å². The fraction of sp³-hybridized carbons (Fsp3) is 0.242. The Labute approximate surface area is 252 Å². The number of fused-ring (bicyclic) bond motifs is 1. The van der Waals surface area contributed by atoms with Crippen LogP contribution in [-0.2, 0) is 16.1 Å². The van der Waals surface area contributed by atoms with Crippen molar-refractivity contribution in [2.24, 2.45) is 4.99 Å². The van der Waals surface area contributed by atoms with E-state index in [2.05, 4.69) is 4.99 Å². The molecule has 2 heterocycles. The SMILES string of the molecule is CCOC(=O)C1=C(C)N=c2s/c(=C/c3ccc(OCc4ccc(F)cc4)cc3)c(=O)n2[C@@H]1c1cccc(OC)c1OCC. The zero-order chi connectivity index (χ0) is 30.5. The van der Waals surface area contributed by atoms with E-state index in [1.165, 1.54) is 28.0 Å². The second-order valence-corrected chi connectivity index (χ2v) is 10.6. The molecule has 0 fully saturated rings. The Balaban J connectivity index is 1.55. The molecule has 1 aromatic heterocycles. The number of nitrogens with zero attached hydrogens (tertiary/aromatic N) is 2. The number of aromatic nitrogens is 1. The Kier molecular flexibility index (Phi) is 9.06. The third kappa shape index (κ3) is 6.24. The summed E-state index contributed by atoms with van der Waals surface area (Å²) < 4.78 is 37.9. The van der Waals surface area contributed by atoms with E-state index in [4.69, 9.17) is 18.9 Å². The topological polar surface area (TPSA) is 88.4 Å². The number of thiazole rings is 1. The van der Waals surface area contributed by atoms with Gasteiger partial charge in [0, 0.05) is 5.56 Å². The van der Waals surface area contributed by atoms with Crippen LogP contribution in [0.4, 0.5) is 4.39 Å². The van der Waals surface area contributed by atoms with Gasteiger partial charge in [0.1, 0.15) is 24.2 Å². The van der Waals surface area contributed by atoms with Gasteiger partial charge in [-0.2, -0.15) is 0 Å². The highest BCUT2D eigenvalue weighted by atomic mass is 32.1. The lowest BCUT2D eigenvalue weighted by Crippen LogP contribution is -2.40. The summed E-state index contributed by atoms with van der Waals surface area (Å²) in [5.41, 5.74) is 2.65. The maximum absolute atomic E-state index is 14.0. The van der Waals surface area contributed by atoms with Gasteiger partial charge in [-0.3, -0.25) is 9.36 Å². The van der Waals surface area contributed by atoms with Crippen molar-refractivity contribution in [2.75, 3.05) is 20.3 Å². The number of hydrogen-bond acceptors (Lipinski definition) is 8. The van der Waals surface area contributed by atoms with Gasteiger partial charge in [0.05, 0.1) is 36.1 Å². The first kappa shape index (κ1) is 29.8. The standard InChI is InChI=1S/C33H31FN2O6S/c1-5-40-30-25(8-7-9-26(30)39-4)29-28(32(38)41-6-2)20(3)35-33-36(29)31(37)27(43-33)18-21-12-16-24(17-13-21)42-19-22-10-14-23(34)15-11-22/h7-18,29H,5-6,19H2,1-4H3/b27-18+/t29-/m1/s1. The van der Waals surface area contributed by atoms with E-state index in [1.807, 2.05) is 37.3 Å². The van der Waals surface area contributed by atoms with Gasteiger partial charge in [-0.1, -0.05) is 47.7 Å². The number of halogens is 1. The molecular formula is C33H31FN2O6S. The van der Waals surface area contributed by atoms with Crippen molar-refractivity contribution < 1.29 is 28.1 Å². The van der Waals surface area contributed by atoms with Gasteiger partial charge >= 0.3 is 5.97 Å². The minimum atomic E-state index is -0.837. The first-order valence-electron chi connectivity index (χ1n) is 13.8. The first-order valence-corrected chi connectivity index (χ1v) is 14.6. The number of ether oxygens (including phenoxy) is 4. The molecule has 0 bridgehead atoms. The van der Waals surface area contributed by atoms with Crippen LogP contribution in [0.1, 0.15) is 43.5 Å². The average molecular weight is 603 g/mol. The van der Waals surface area contributed by atoms with Crippen molar-refractivity contribution in [3.8, 4) is 17.2 Å². The van der Waals surface area contributed by atoms with E-state index in [0.29, 0.717) is 51.1 Å². The summed E-state index contributed by atoms with van der Waals surface area (Å²) in [6.45, 7) is 6.15. The van der Waals surface area contributed by atoms with Crippen molar-refractivity contribution in [1.82, 2.24) is 4.57 Å². The minimum Gasteiger partial charge on any atom is -0.493 e. The van der Waals surface area contributed by atoms with Crippen LogP contribution in [0.3, 0.4) is 0 Å². The first-order chi connectivity index (χ1) is 20.8. The number of carbonyl (C=O) groups is 1. The highest BCUT2D eigenvalue weighted by Crippen LogP contribution is 2.40. The zero-order valence-corrected chi connectivity index (χ0v) is 25.1. The molecule has 0 aliphatic carbocycles.